The van der Waals surface area contributed by atoms with E-state index in [0.717, 1.165) is 25.4 Å². The highest BCUT2D eigenvalue weighted by atomic mass is 16.3. The molecule has 0 spiro atoms. The first-order chi connectivity index (χ1) is 9.76. The monoisotopic (exact) mass is 278 g/mol. The van der Waals surface area contributed by atoms with Crippen molar-refractivity contribution in [3.05, 3.63) is 23.7 Å². The number of carbonyl (C=O) groups is 1. The largest absolute Gasteiger partial charge is 0.467 e. The zero-order valence-corrected chi connectivity index (χ0v) is 11.7. The number of amides is 1. The van der Waals surface area contributed by atoms with Gasteiger partial charge in [-0.15, -0.1) is 0 Å². The van der Waals surface area contributed by atoms with Crippen LogP contribution in [0.25, 0.3) is 0 Å². The molecule has 1 amide bonds. The van der Waals surface area contributed by atoms with Gasteiger partial charge in [-0.2, -0.15) is 0 Å². The average molecular weight is 278 g/mol. The van der Waals surface area contributed by atoms with Gasteiger partial charge < -0.3 is 4.42 Å². The molecular formula is C14H22N4O2. The zero-order valence-electron chi connectivity index (χ0n) is 11.7. The molecule has 0 bridgehead atoms. The number of rotatable bonds is 4. The normalized spacial score (nSPS) is 24.4. The number of furan rings is 1. The van der Waals surface area contributed by atoms with Crippen LogP contribution < -0.4 is 11.3 Å². The van der Waals surface area contributed by atoms with Crippen molar-refractivity contribution in [3.63, 3.8) is 0 Å². The topological polar surface area (TPSA) is 74.7 Å². The van der Waals surface area contributed by atoms with E-state index in [1.165, 1.54) is 38.6 Å². The molecule has 6 heteroatoms. The predicted molar refractivity (Wildman–Crippen MR) is 74.9 cm³/mol. The molecule has 1 unspecified atom stereocenters. The molecule has 0 aliphatic carbocycles. The van der Waals surface area contributed by atoms with Gasteiger partial charge in [0.2, 0.25) is 0 Å². The van der Waals surface area contributed by atoms with E-state index in [-0.39, 0.29) is 5.91 Å². The van der Waals surface area contributed by atoms with E-state index in [1.54, 1.807) is 6.07 Å². The molecule has 2 fully saturated rings. The maximum atomic E-state index is 11.4. The smallest absolute Gasteiger partial charge is 0.268 e. The van der Waals surface area contributed by atoms with E-state index in [2.05, 4.69) is 15.2 Å². The highest BCUT2D eigenvalue weighted by molar-refractivity contribution is 5.93. The third-order valence-corrected chi connectivity index (χ3v) is 4.33. The minimum atomic E-state index is -0.309. The number of hydrogen-bond acceptors (Lipinski definition) is 5. The van der Waals surface area contributed by atoms with Gasteiger partial charge in [-0.1, -0.05) is 0 Å². The summed E-state index contributed by atoms with van der Waals surface area (Å²) >= 11 is 0. The summed E-state index contributed by atoms with van der Waals surface area (Å²) in [6.45, 7) is 5.46. The van der Waals surface area contributed by atoms with Crippen LogP contribution in [0.5, 0.6) is 0 Å². The molecular weight excluding hydrogens is 256 g/mol. The maximum absolute atomic E-state index is 11.4. The second kappa shape index (κ2) is 5.95. The van der Waals surface area contributed by atoms with Crippen LogP contribution in [0.3, 0.4) is 0 Å². The SMILES string of the molecule is NNC(=O)c1coc(CN2CCC(N3CCCC3)C2)c1. The van der Waals surface area contributed by atoms with Gasteiger partial charge in [0.25, 0.3) is 5.91 Å². The second-order valence-corrected chi connectivity index (χ2v) is 5.70. The van der Waals surface area contributed by atoms with Gasteiger partial charge in [0.05, 0.1) is 12.1 Å². The van der Waals surface area contributed by atoms with Crippen molar-refractivity contribution in [3.8, 4) is 0 Å². The quantitative estimate of drug-likeness (QED) is 0.478. The first-order valence-corrected chi connectivity index (χ1v) is 7.31. The molecule has 2 aliphatic rings. The third-order valence-electron chi connectivity index (χ3n) is 4.33. The molecule has 0 radical (unpaired) electrons. The molecule has 6 nitrogen and oxygen atoms in total. The fourth-order valence-electron chi connectivity index (χ4n) is 3.25. The van der Waals surface area contributed by atoms with E-state index in [1.807, 2.05) is 0 Å². The highest BCUT2D eigenvalue weighted by Crippen LogP contribution is 2.22. The van der Waals surface area contributed by atoms with Crippen molar-refractivity contribution >= 4 is 5.91 Å². The third kappa shape index (κ3) is 2.87. The summed E-state index contributed by atoms with van der Waals surface area (Å²) in [6.07, 6.45) is 5.38. The first-order valence-electron chi connectivity index (χ1n) is 7.31. The van der Waals surface area contributed by atoms with Gasteiger partial charge in [0.1, 0.15) is 12.0 Å². The summed E-state index contributed by atoms with van der Waals surface area (Å²) in [4.78, 5) is 16.4. The summed E-state index contributed by atoms with van der Waals surface area (Å²) in [5, 5.41) is 0. The Hall–Kier alpha value is -1.37. The molecule has 1 aromatic rings. The Morgan fingerprint density at radius 1 is 1.40 bits per heavy atom. The van der Waals surface area contributed by atoms with Crippen molar-refractivity contribution in [2.24, 2.45) is 5.84 Å². The summed E-state index contributed by atoms with van der Waals surface area (Å²) in [6, 6.07) is 2.46. The van der Waals surface area contributed by atoms with Crippen LogP contribution in [-0.4, -0.2) is 47.9 Å². The fraction of sp³-hybridized carbons (Fsp3) is 0.643. The lowest BCUT2D eigenvalue weighted by atomic mass is 10.2. The van der Waals surface area contributed by atoms with Gasteiger partial charge in [-0.3, -0.25) is 20.0 Å². The lowest BCUT2D eigenvalue weighted by molar-refractivity contribution is 0.0953. The van der Waals surface area contributed by atoms with Gasteiger partial charge in [0.15, 0.2) is 0 Å². The van der Waals surface area contributed by atoms with E-state index in [0.29, 0.717) is 11.6 Å². The lowest BCUT2D eigenvalue weighted by Gasteiger charge is -2.23. The molecule has 1 aromatic heterocycles. The molecule has 2 saturated heterocycles. The van der Waals surface area contributed by atoms with E-state index in [4.69, 9.17) is 10.3 Å². The molecule has 110 valence electrons. The number of hydrazine groups is 1. The molecule has 1 atom stereocenters. The molecule has 0 aromatic carbocycles. The fourth-order valence-corrected chi connectivity index (χ4v) is 3.25. The Bertz CT molecular complexity index is 467. The van der Waals surface area contributed by atoms with Crippen LogP contribution in [0.1, 0.15) is 35.4 Å². The Morgan fingerprint density at radius 3 is 2.95 bits per heavy atom. The van der Waals surface area contributed by atoms with Crippen molar-refractivity contribution in [1.82, 2.24) is 15.2 Å². The Kier molecular flexibility index (Phi) is 4.05. The van der Waals surface area contributed by atoms with Crippen molar-refractivity contribution < 1.29 is 9.21 Å². The van der Waals surface area contributed by atoms with Gasteiger partial charge in [0, 0.05) is 19.1 Å². The Morgan fingerprint density at radius 2 is 2.20 bits per heavy atom. The van der Waals surface area contributed by atoms with Crippen LogP contribution in [-0.2, 0) is 6.54 Å². The van der Waals surface area contributed by atoms with Crippen LogP contribution in [0.4, 0.5) is 0 Å². The highest BCUT2D eigenvalue weighted by Gasteiger charge is 2.29. The minimum Gasteiger partial charge on any atom is -0.467 e. The molecule has 3 N–H and O–H groups in total. The Balaban J connectivity index is 1.53. The maximum Gasteiger partial charge on any atom is 0.268 e. The number of nitrogens with zero attached hydrogens (tertiary/aromatic N) is 2. The summed E-state index contributed by atoms with van der Waals surface area (Å²) in [7, 11) is 0. The van der Waals surface area contributed by atoms with Crippen molar-refractivity contribution in [1.29, 1.82) is 0 Å². The predicted octanol–water partition coefficient (Wildman–Crippen LogP) is 0.553. The molecule has 3 heterocycles. The first kappa shape index (κ1) is 13.6. The lowest BCUT2D eigenvalue weighted by Crippen LogP contribution is -2.35. The van der Waals surface area contributed by atoms with Gasteiger partial charge >= 0.3 is 0 Å². The zero-order chi connectivity index (χ0) is 13.9. The molecule has 0 saturated carbocycles. The van der Waals surface area contributed by atoms with E-state index >= 15 is 0 Å². The summed E-state index contributed by atoms with van der Waals surface area (Å²) in [5.41, 5.74) is 2.60. The van der Waals surface area contributed by atoms with E-state index in [9.17, 15) is 4.79 Å². The van der Waals surface area contributed by atoms with Gasteiger partial charge in [-0.25, -0.2) is 5.84 Å². The summed E-state index contributed by atoms with van der Waals surface area (Å²) < 4.78 is 5.44. The number of carbonyl (C=O) groups excluding carboxylic acids is 1. The number of nitrogens with one attached hydrogen (secondary N) is 1. The number of likely N-dealkylation sites (tertiary alicyclic amines) is 2. The van der Waals surface area contributed by atoms with Gasteiger partial charge in [-0.05, 0) is 38.4 Å². The molecule has 2 aliphatic heterocycles. The summed E-state index contributed by atoms with van der Waals surface area (Å²) in [5.74, 6) is 5.62. The molecule has 3 rings (SSSR count). The standard InChI is InChI=1S/C14H22N4O2/c15-16-14(19)11-7-13(20-10-11)9-17-6-3-12(8-17)18-4-1-2-5-18/h7,10,12H,1-6,8-9,15H2,(H,16,19). The van der Waals surface area contributed by atoms with Crippen LogP contribution in [0, 0.1) is 0 Å². The molecule has 20 heavy (non-hydrogen) atoms. The van der Waals surface area contributed by atoms with E-state index < -0.39 is 0 Å². The number of nitrogen functional groups attached to an aromatic ring is 1. The van der Waals surface area contributed by atoms with Crippen LogP contribution in [0.15, 0.2) is 16.7 Å². The average Bonchev–Trinajstić information content (AvgIpc) is 3.19. The number of hydrogen-bond donors (Lipinski definition) is 2. The van der Waals surface area contributed by atoms with Crippen molar-refractivity contribution in [2.45, 2.75) is 31.8 Å². The second-order valence-electron chi connectivity index (χ2n) is 5.70. The van der Waals surface area contributed by atoms with Crippen LogP contribution >= 0.6 is 0 Å². The number of nitrogens with two attached hydrogens (primary N) is 1. The Labute approximate surface area is 118 Å². The van der Waals surface area contributed by atoms with Crippen LogP contribution in [0.2, 0.25) is 0 Å². The van der Waals surface area contributed by atoms with Crippen molar-refractivity contribution in [2.75, 3.05) is 26.2 Å². The minimum absolute atomic E-state index is 0.309.